The van der Waals surface area contributed by atoms with Crippen molar-refractivity contribution in [2.45, 2.75) is 19.3 Å². The Balaban J connectivity index is 1.73. The molecule has 0 aliphatic rings. The lowest BCUT2D eigenvalue weighted by Crippen LogP contribution is -2.25. The Morgan fingerprint density at radius 1 is 0.667 bits per heavy atom. The maximum Gasteiger partial charge on any atom is 0.255 e. The fourth-order valence-electron chi connectivity index (χ4n) is 4.40. The molecule has 0 saturated carbocycles. The quantitative estimate of drug-likeness (QED) is 0.241. The van der Waals surface area contributed by atoms with Crippen LogP contribution >= 0.6 is 0 Å². The largest absolute Gasteiger partial charge is 0.508 e. The number of carbonyl (C=O) groups is 2. The van der Waals surface area contributed by atoms with E-state index in [1.807, 2.05) is 13.8 Å². The van der Waals surface area contributed by atoms with Crippen LogP contribution in [0.3, 0.4) is 0 Å². The number of hydrogen-bond donors (Lipinski definition) is 4. The van der Waals surface area contributed by atoms with Gasteiger partial charge in [-0.05, 0) is 59.7 Å². The van der Waals surface area contributed by atoms with Crippen molar-refractivity contribution in [3.8, 4) is 36.2 Å². The first-order chi connectivity index (χ1) is 18.6. The minimum absolute atomic E-state index is 0.0325. The monoisotopic (exact) mass is 514 g/mol. The van der Waals surface area contributed by atoms with Crippen LogP contribution in [0.1, 0.15) is 56.8 Å². The second kappa shape index (κ2) is 10.9. The molecule has 0 saturated heterocycles. The number of benzene rings is 4. The Labute approximate surface area is 227 Å². The van der Waals surface area contributed by atoms with Crippen molar-refractivity contribution in [1.29, 1.82) is 0 Å². The van der Waals surface area contributed by atoms with Crippen LogP contribution in [0.4, 0.5) is 11.4 Å². The molecule has 4 aromatic carbocycles. The highest BCUT2D eigenvalue weighted by atomic mass is 16.3. The molecule has 0 spiro atoms. The van der Waals surface area contributed by atoms with Crippen LogP contribution in [-0.4, -0.2) is 22.0 Å². The number of amides is 2. The van der Waals surface area contributed by atoms with E-state index in [-0.39, 0.29) is 11.5 Å². The molecule has 0 unspecified atom stereocenters. The zero-order valence-corrected chi connectivity index (χ0v) is 21.4. The van der Waals surface area contributed by atoms with Crippen LogP contribution in [-0.2, 0) is 5.41 Å². The predicted molar refractivity (Wildman–Crippen MR) is 153 cm³/mol. The van der Waals surface area contributed by atoms with Gasteiger partial charge < -0.3 is 20.8 Å². The van der Waals surface area contributed by atoms with Gasteiger partial charge in [0.2, 0.25) is 0 Å². The second-order valence-corrected chi connectivity index (χ2v) is 9.44. The molecule has 0 bridgehead atoms. The van der Waals surface area contributed by atoms with Gasteiger partial charge in [0.25, 0.3) is 11.8 Å². The van der Waals surface area contributed by atoms with E-state index in [2.05, 4.69) is 22.5 Å². The van der Waals surface area contributed by atoms with E-state index in [0.717, 1.165) is 0 Å². The molecule has 2 amide bonds. The third-order valence-corrected chi connectivity index (χ3v) is 6.43. The van der Waals surface area contributed by atoms with Gasteiger partial charge in [-0.2, -0.15) is 0 Å². The van der Waals surface area contributed by atoms with E-state index in [4.69, 9.17) is 12.8 Å². The van der Waals surface area contributed by atoms with Gasteiger partial charge in [-0.15, -0.1) is 12.8 Å². The summed E-state index contributed by atoms with van der Waals surface area (Å²) in [5.74, 6) is 4.16. The number of hydrogen-bond acceptors (Lipinski definition) is 4. The summed E-state index contributed by atoms with van der Waals surface area (Å²) in [6.45, 7) is 3.82. The van der Waals surface area contributed by atoms with Crippen molar-refractivity contribution in [1.82, 2.24) is 0 Å². The second-order valence-electron chi connectivity index (χ2n) is 9.44. The smallest absolute Gasteiger partial charge is 0.255 e. The summed E-state index contributed by atoms with van der Waals surface area (Å²) < 4.78 is 0. The van der Waals surface area contributed by atoms with E-state index >= 15 is 0 Å². The standard InChI is InChI=1S/C33H26N2O4/c1-5-21-9-7-11-23(17-21)31(38)34-29-19-25(36)13-15-27(29)33(3,4)28-16-14-26(37)20-30(28)35-32(39)24-12-8-10-22(6-2)18-24/h1-2,7-20,36-37H,3-4H3,(H,34,38)(H,35,39). The minimum Gasteiger partial charge on any atom is -0.508 e. The van der Waals surface area contributed by atoms with Gasteiger partial charge in [0.1, 0.15) is 11.5 Å². The Hall–Kier alpha value is -5.46. The molecule has 6 nitrogen and oxygen atoms in total. The fraction of sp³-hybridized carbons (Fsp3) is 0.0909. The number of carbonyl (C=O) groups excluding carboxylic acids is 2. The van der Waals surface area contributed by atoms with Gasteiger partial charge in [-0.25, -0.2) is 0 Å². The lowest BCUT2D eigenvalue weighted by Gasteiger charge is -2.31. The number of nitrogens with one attached hydrogen (secondary N) is 2. The van der Waals surface area contributed by atoms with Crippen LogP contribution in [0.15, 0.2) is 84.9 Å². The first-order valence-electron chi connectivity index (χ1n) is 12.1. The van der Waals surface area contributed by atoms with Crippen LogP contribution in [0.25, 0.3) is 0 Å². The highest BCUT2D eigenvalue weighted by molar-refractivity contribution is 6.06. The molecule has 4 N–H and O–H groups in total. The van der Waals surface area contributed by atoms with Gasteiger partial charge in [0.15, 0.2) is 0 Å². The van der Waals surface area contributed by atoms with Gasteiger partial charge >= 0.3 is 0 Å². The number of phenols is 2. The summed E-state index contributed by atoms with van der Waals surface area (Å²) in [5.41, 5.74) is 3.14. The maximum atomic E-state index is 13.1. The predicted octanol–water partition coefficient (Wildman–Crippen LogP) is 5.89. The minimum atomic E-state index is -0.812. The lowest BCUT2D eigenvalue weighted by molar-refractivity contribution is 0.101. The number of rotatable bonds is 6. The van der Waals surface area contributed by atoms with Crippen LogP contribution in [0.2, 0.25) is 0 Å². The molecule has 0 atom stereocenters. The lowest BCUT2D eigenvalue weighted by atomic mass is 9.76. The van der Waals surface area contributed by atoms with E-state index < -0.39 is 17.2 Å². The average Bonchev–Trinajstić information content (AvgIpc) is 2.92. The fourth-order valence-corrected chi connectivity index (χ4v) is 4.40. The number of anilines is 2. The summed E-state index contributed by atoms with van der Waals surface area (Å²) >= 11 is 0. The zero-order chi connectivity index (χ0) is 28.2. The molecule has 39 heavy (non-hydrogen) atoms. The summed E-state index contributed by atoms with van der Waals surface area (Å²) in [6.07, 6.45) is 11.0. The zero-order valence-electron chi connectivity index (χ0n) is 21.4. The Morgan fingerprint density at radius 2 is 1.08 bits per heavy atom. The molecular formula is C33H26N2O4. The van der Waals surface area contributed by atoms with Gasteiger partial charge in [0, 0.05) is 51.2 Å². The highest BCUT2D eigenvalue weighted by Crippen LogP contribution is 2.42. The molecule has 0 heterocycles. The summed E-state index contributed by atoms with van der Waals surface area (Å²) in [4.78, 5) is 26.2. The summed E-state index contributed by atoms with van der Waals surface area (Å²) in [6, 6.07) is 22.7. The van der Waals surface area contributed by atoms with Crippen molar-refractivity contribution in [3.63, 3.8) is 0 Å². The topological polar surface area (TPSA) is 98.7 Å². The Morgan fingerprint density at radius 3 is 1.46 bits per heavy atom. The van der Waals surface area contributed by atoms with Crippen molar-refractivity contribution >= 4 is 23.2 Å². The van der Waals surface area contributed by atoms with Crippen LogP contribution in [0, 0.1) is 24.7 Å². The van der Waals surface area contributed by atoms with Gasteiger partial charge in [-0.3, -0.25) is 9.59 Å². The van der Waals surface area contributed by atoms with E-state index in [1.165, 1.54) is 24.3 Å². The van der Waals surface area contributed by atoms with Crippen LogP contribution < -0.4 is 10.6 Å². The van der Waals surface area contributed by atoms with E-state index in [0.29, 0.717) is 44.8 Å². The maximum absolute atomic E-state index is 13.1. The first-order valence-corrected chi connectivity index (χ1v) is 12.1. The third-order valence-electron chi connectivity index (χ3n) is 6.43. The molecular weight excluding hydrogens is 488 g/mol. The molecule has 4 aromatic rings. The Bertz CT molecular complexity index is 1550. The summed E-state index contributed by atoms with van der Waals surface area (Å²) in [5, 5.41) is 26.2. The molecule has 4 rings (SSSR count). The number of aromatic hydroxyl groups is 2. The third kappa shape index (κ3) is 5.77. The Kier molecular flexibility index (Phi) is 7.42. The average molecular weight is 515 g/mol. The molecule has 6 heteroatoms. The molecule has 0 aliphatic heterocycles. The van der Waals surface area contributed by atoms with Gasteiger partial charge in [0.05, 0.1) is 0 Å². The molecule has 0 aliphatic carbocycles. The first kappa shape index (κ1) is 26.6. The highest BCUT2D eigenvalue weighted by Gasteiger charge is 2.30. The molecule has 0 fully saturated rings. The number of phenolic OH excluding ortho intramolecular Hbond substituents is 2. The summed E-state index contributed by atoms with van der Waals surface area (Å²) in [7, 11) is 0. The van der Waals surface area contributed by atoms with E-state index in [9.17, 15) is 19.8 Å². The van der Waals surface area contributed by atoms with E-state index in [1.54, 1.807) is 60.7 Å². The van der Waals surface area contributed by atoms with Crippen molar-refractivity contribution < 1.29 is 19.8 Å². The van der Waals surface area contributed by atoms with Crippen molar-refractivity contribution in [3.05, 3.63) is 118 Å². The number of terminal acetylenes is 2. The van der Waals surface area contributed by atoms with Crippen molar-refractivity contribution in [2.24, 2.45) is 0 Å². The van der Waals surface area contributed by atoms with Crippen LogP contribution in [0.5, 0.6) is 11.5 Å². The SMILES string of the molecule is C#Cc1cccc(C(=O)Nc2cc(O)ccc2C(C)(C)c2ccc(O)cc2NC(=O)c2cccc(C#C)c2)c1. The van der Waals surface area contributed by atoms with Gasteiger partial charge in [-0.1, -0.05) is 50.0 Å². The molecule has 0 radical (unpaired) electrons. The normalized spacial score (nSPS) is 10.7. The molecule has 0 aromatic heterocycles. The van der Waals surface area contributed by atoms with Crippen molar-refractivity contribution in [2.75, 3.05) is 10.6 Å². The molecule has 192 valence electrons.